The van der Waals surface area contributed by atoms with Crippen molar-refractivity contribution in [3.05, 3.63) is 34.9 Å². The standard InChI is InChI=1S/C15H22O2/c1-10(2)15(17)14(16)9-11-6-7-12-4-3-5-13(12)8-11/h6-8,10,14-17H,3-5,9H2,1-2H3. The molecule has 2 nitrogen and oxygen atoms in total. The lowest BCUT2D eigenvalue weighted by Crippen LogP contribution is -2.32. The fourth-order valence-electron chi connectivity index (χ4n) is 2.56. The van der Waals surface area contributed by atoms with Gasteiger partial charge in [0.05, 0.1) is 12.2 Å². The average molecular weight is 234 g/mol. The lowest BCUT2D eigenvalue weighted by Gasteiger charge is -2.21. The molecule has 2 unspecified atom stereocenters. The third kappa shape index (κ3) is 2.88. The molecule has 0 amide bonds. The van der Waals surface area contributed by atoms with E-state index in [1.165, 1.54) is 24.0 Å². The van der Waals surface area contributed by atoms with Crippen molar-refractivity contribution in [3.63, 3.8) is 0 Å². The number of hydrogen-bond acceptors (Lipinski definition) is 2. The van der Waals surface area contributed by atoms with Crippen LogP contribution in [-0.2, 0) is 19.3 Å². The Balaban J connectivity index is 2.04. The summed E-state index contributed by atoms with van der Waals surface area (Å²) in [5.74, 6) is 0.0967. The first-order chi connectivity index (χ1) is 8.08. The highest BCUT2D eigenvalue weighted by Gasteiger charge is 2.20. The molecule has 0 spiro atoms. The number of aryl methyl sites for hydroxylation is 2. The highest BCUT2D eigenvalue weighted by atomic mass is 16.3. The number of rotatable bonds is 4. The van der Waals surface area contributed by atoms with E-state index >= 15 is 0 Å². The molecule has 0 fully saturated rings. The summed E-state index contributed by atoms with van der Waals surface area (Å²) in [5, 5.41) is 19.7. The number of fused-ring (bicyclic) bond motifs is 1. The lowest BCUT2D eigenvalue weighted by molar-refractivity contribution is -0.00731. The SMILES string of the molecule is CC(C)C(O)C(O)Cc1ccc2c(c1)CCC2. The molecule has 94 valence electrons. The van der Waals surface area contributed by atoms with E-state index in [0.717, 1.165) is 12.0 Å². The molecule has 0 bridgehead atoms. The second-order valence-electron chi connectivity index (χ2n) is 5.46. The van der Waals surface area contributed by atoms with Gasteiger partial charge in [-0.05, 0) is 41.9 Å². The molecule has 2 heteroatoms. The maximum atomic E-state index is 9.94. The molecule has 17 heavy (non-hydrogen) atoms. The Kier molecular flexibility index (Phi) is 3.85. The molecule has 2 rings (SSSR count). The van der Waals surface area contributed by atoms with Crippen LogP contribution in [0.15, 0.2) is 18.2 Å². The number of benzene rings is 1. The molecule has 0 aliphatic heterocycles. The van der Waals surface area contributed by atoms with Gasteiger partial charge in [0.1, 0.15) is 0 Å². The zero-order chi connectivity index (χ0) is 12.4. The van der Waals surface area contributed by atoms with Gasteiger partial charge in [0.25, 0.3) is 0 Å². The van der Waals surface area contributed by atoms with E-state index < -0.39 is 12.2 Å². The van der Waals surface area contributed by atoms with Crippen LogP contribution in [0, 0.1) is 5.92 Å². The van der Waals surface area contributed by atoms with Gasteiger partial charge in [-0.3, -0.25) is 0 Å². The molecule has 0 heterocycles. The van der Waals surface area contributed by atoms with Gasteiger partial charge in [-0.25, -0.2) is 0 Å². The predicted molar refractivity (Wildman–Crippen MR) is 69.0 cm³/mol. The van der Waals surface area contributed by atoms with Crippen LogP contribution in [0.3, 0.4) is 0 Å². The van der Waals surface area contributed by atoms with Crippen molar-refractivity contribution in [3.8, 4) is 0 Å². The molecule has 1 aromatic rings. The van der Waals surface area contributed by atoms with Gasteiger partial charge in [0.2, 0.25) is 0 Å². The van der Waals surface area contributed by atoms with Gasteiger partial charge >= 0.3 is 0 Å². The fourth-order valence-corrected chi connectivity index (χ4v) is 2.56. The van der Waals surface area contributed by atoms with Crippen molar-refractivity contribution in [2.45, 2.75) is 51.7 Å². The van der Waals surface area contributed by atoms with Crippen molar-refractivity contribution in [2.24, 2.45) is 5.92 Å². The van der Waals surface area contributed by atoms with Crippen LogP contribution in [0.5, 0.6) is 0 Å². The molecule has 0 saturated carbocycles. The van der Waals surface area contributed by atoms with Crippen LogP contribution in [0.4, 0.5) is 0 Å². The minimum Gasteiger partial charge on any atom is -0.390 e. The first-order valence-corrected chi connectivity index (χ1v) is 6.54. The lowest BCUT2D eigenvalue weighted by atomic mass is 9.95. The summed E-state index contributed by atoms with van der Waals surface area (Å²) in [5.41, 5.74) is 4.01. The Bertz CT molecular complexity index is 385. The van der Waals surface area contributed by atoms with E-state index in [4.69, 9.17) is 0 Å². The van der Waals surface area contributed by atoms with E-state index in [9.17, 15) is 10.2 Å². The van der Waals surface area contributed by atoms with E-state index in [1.54, 1.807) is 0 Å². The second-order valence-corrected chi connectivity index (χ2v) is 5.46. The number of aliphatic hydroxyl groups excluding tert-OH is 2. The smallest absolute Gasteiger partial charge is 0.0841 e. The maximum absolute atomic E-state index is 9.94. The Labute approximate surface area is 103 Å². The molecule has 0 radical (unpaired) electrons. The highest BCUT2D eigenvalue weighted by Crippen LogP contribution is 2.23. The van der Waals surface area contributed by atoms with E-state index in [2.05, 4.69) is 18.2 Å². The molecular weight excluding hydrogens is 212 g/mol. The van der Waals surface area contributed by atoms with Gasteiger partial charge in [-0.2, -0.15) is 0 Å². The zero-order valence-electron chi connectivity index (χ0n) is 10.7. The minimum atomic E-state index is -0.658. The summed E-state index contributed by atoms with van der Waals surface area (Å²) in [6.07, 6.45) is 2.85. The average Bonchev–Trinajstić information content (AvgIpc) is 2.74. The van der Waals surface area contributed by atoms with Gasteiger partial charge in [-0.1, -0.05) is 32.0 Å². The van der Waals surface area contributed by atoms with Crippen LogP contribution < -0.4 is 0 Å². The summed E-state index contributed by atoms with van der Waals surface area (Å²) in [6, 6.07) is 6.45. The van der Waals surface area contributed by atoms with Crippen molar-refractivity contribution in [2.75, 3.05) is 0 Å². The monoisotopic (exact) mass is 234 g/mol. The van der Waals surface area contributed by atoms with Crippen LogP contribution in [0.25, 0.3) is 0 Å². The Hall–Kier alpha value is -0.860. The first kappa shape index (κ1) is 12.6. The molecular formula is C15H22O2. The van der Waals surface area contributed by atoms with E-state index in [-0.39, 0.29) is 5.92 Å². The summed E-state index contributed by atoms with van der Waals surface area (Å²) in [6.45, 7) is 3.85. The van der Waals surface area contributed by atoms with Crippen molar-refractivity contribution in [1.29, 1.82) is 0 Å². The number of hydrogen-bond donors (Lipinski definition) is 2. The first-order valence-electron chi connectivity index (χ1n) is 6.54. The van der Waals surface area contributed by atoms with Crippen molar-refractivity contribution >= 4 is 0 Å². The number of aliphatic hydroxyl groups is 2. The largest absolute Gasteiger partial charge is 0.390 e. The Morgan fingerprint density at radius 2 is 1.82 bits per heavy atom. The van der Waals surface area contributed by atoms with Crippen LogP contribution >= 0.6 is 0 Å². The van der Waals surface area contributed by atoms with Crippen LogP contribution in [-0.4, -0.2) is 22.4 Å². The topological polar surface area (TPSA) is 40.5 Å². The maximum Gasteiger partial charge on any atom is 0.0841 e. The van der Waals surface area contributed by atoms with Crippen LogP contribution in [0.1, 0.15) is 37.0 Å². The molecule has 0 saturated heterocycles. The normalized spacial score (nSPS) is 18.2. The highest BCUT2D eigenvalue weighted by molar-refractivity contribution is 5.35. The third-order valence-electron chi connectivity index (χ3n) is 3.69. The minimum absolute atomic E-state index is 0.0967. The van der Waals surface area contributed by atoms with E-state index in [0.29, 0.717) is 6.42 Å². The van der Waals surface area contributed by atoms with E-state index in [1.807, 2.05) is 13.8 Å². The molecule has 2 atom stereocenters. The zero-order valence-corrected chi connectivity index (χ0v) is 10.7. The fraction of sp³-hybridized carbons (Fsp3) is 0.600. The van der Waals surface area contributed by atoms with Gasteiger partial charge in [-0.15, -0.1) is 0 Å². The van der Waals surface area contributed by atoms with Crippen molar-refractivity contribution in [1.82, 2.24) is 0 Å². The second kappa shape index (κ2) is 5.19. The Morgan fingerprint density at radius 1 is 1.12 bits per heavy atom. The molecule has 1 aromatic carbocycles. The van der Waals surface area contributed by atoms with Crippen molar-refractivity contribution < 1.29 is 10.2 Å². The van der Waals surface area contributed by atoms with Gasteiger partial charge in [0.15, 0.2) is 0 Å². The van der Waals surface area contributed by atoms with Gasteiger partial charge < -0.3 is 10.2 Å². The third-order valence-corrected chi connectivity index (χ3v) is 3.69. The predicted octanol–water partition coefficient (Wildman–Crippen LogP) is 2.10. The molecule has 2 N–H and O–H groups in total. The summed E-state index contributed by atoms with van der Waals surface area (Å²) >= 11 is 0. The molecule has 1 aliphatic carbocycles. The summed E-state index contributed by atoms with van der Waals surface area (Å²) in [7, 11) is 0. The van der Waals surface area contributed by atoms with Crippen LogP contribution in [0.2, 0.25) is 0 Å². The summed E-state index contributed by atoms with van der Waals surface area (Å²) < 4.78 is 0. The van der Waals surface area contributed by atoms with Gasteiger partial charge in [0, 0.05) is 6.42 Å². The Morgan fingerprint density at radius 3 is 2.53 bits per heavy atom. The molecule has 0 aromatic heterocycles. The molecule has 1 aliphatic rings. The summed E-state index contributed by atoms with van der Waals surface area (Å²) in [4.78, 5) is 0. The quantitative estimate of drug-likeness (QED) is 0.837.